The first-order valence-electron chi connectivity index (χ1n) is 8.72. The minimum atomic E-state index is -0.398. The summed E-state index contributed by atoms with van der Waals surface area (Å²) in [7, 11) is 1.48. The highest BCUT2D eigenvalue weighted by Crippen LogP contribution is 2.34. The Kier molecular flexibility index (Phi) is 4.05. The van der Waals surface area contributed by atoms with Crippen LogP contribution in [-0.2, 0) is 0 Å². The van der Waals surface area contributed by atoms with E-state index in [9.17, 15) is 10.1 Å². The molecule has 0 aromatic heterocycles. The molecule has 3 aliphatic heterocycles. The number of nitrogens with one attached hydrogen (secondary N) is 1. The summed E-state index contributed by atoms with van der Waals surface area (Å²) in [5.41, 5.74) is 1.04. The van der Waals surface area contributed by atoms with Gasteiger partial charge in [-0.3, -0.25) is 15.0 Å². The van der Waals surface area contributed by atoms with Gasteiger partial charge in [0.1, 0.15) is 0 Å². The number of nitrogens with zero attached hydrogens (tertiary/aromatic N) is 3. The summed E-state index contributed by atoms with van der Waals surface area (Å²) in [6, 6.07) is 7.28. The van der Waals surface area contributed by atoms with Crippen LogP contribution in [0.15, 0.2) is 18.2 Å². The first-order chi connectivity index (χ1) is 11.7. The number of piperazine rings is 1. The number of fused-ring (bicyclic) bond motifs is 2. The van der Waals surface area contributed by atoms with E-state index in [2.05, 4.69) is 15.1 Å². The number of anilines is 1. The molecule has 1 aromatic carbocycles. The van der Waals surface area contributed by atoms with Gasteiger partial charge in [0.05, 0.1) is 12.0 Å². The van der Waals surface area contributed by atoms with Crippen molar-refractivity contribution in [3.05, 3.63) is 28.3 Å². The number of nitro benzene ring substituents is 1. The number of piperidine rings is 1. The van der Waals surface area contributed by atoms with E-state index in [1.54, 1.807) is 12.1 Å². The van der Waals surface area contributed by atoms with Crippen molar-refractivity contribution in [1.82, 2.24) is 10.2 Å². The van der Waals surface area contributed by atoms with Gasteiger partial charge >= 0.3 is 5.69 Å². The molecule has 24 heavy (non-hydrogen) atoms. The summed E-state index contributed by atoms with van der Waals surface area (Å²) in [6.07, 6.45) is 3.62. The molecule has 2 unspecified atom stereocenters. The Morgan fingerprint density at radius 2 is 2.08 bits per heavy atom. The van der Waals surface area contributed by atoms with Crippen LogP contribution in [0.4, 0.5) is 11.4 Å². The van der Waals surface area contributed by atoms with Crippen LogP contribution in [0.2, 0.25) is 0 Å². The molecule has 3 aliphatic rings. The maximum absolute atomic E-state index is 11.0. The van der Waals surface area contributed by atoms with Gasteiger partial charge in [-0.2, -0.15) is 0 Å². The smallest absolute Gasteiger partial charge is 0.311 e. The van der Waals surface area contributed by atoms with Gasteiger partial charge in [0, 0.05) is 62.1 Å². The highest BCUT2D eigenvalue weighted by atomic mass is 16.6. The lowest BCUT2D eigenvalue weighted by Crippen LogP contribution is -2.52. The second kappa shape index (κ2) is 6.22. The van der Waals surface area contributed by atoms with Crippen LogP contribution in [0, 0.1) is 10.1 Å². The summed E-state index contributed by atoms with van der Waals surface area (Å²) in [4.78, 5) is 15.6. The van der Waals surface area contributed by atoms with Crippen molar-refractivity contribution in [2.24, 2.45) is 0 Å². The number of benzene rings is 1. The summed E-state index contributed by atoms with van der Waals surface area (Å²) in [5.74, 6) is 0.336. The van der Waals surface area contributed by atoms with E-state index >= 15 is 0 Å². The van der Waals surface area contributed by atoms with Gasteiger partial charge in [-0.1, -0.05) is 0 Å². The molecule has 1 N–H and O–H groups in total. The average Bonchev–Trinajstić information content (AvgIpc) is 3.24. The van der Waals surface area contributed by atoms with Crippen LogP contribution in [0.3, 0.4) is 0 Å². The fourth-order valence-electron chi connectivity index (χ4n) is 4.51. The van der Waals surface area contributed by atoms with Crippen LogP contribution >= 0.6 is 0 Å². The van der Waals surface area contributed by atoms with Crippen molar-refractivity contribution in [3.8, 4) is 5.75 Å². The summed E-state index contributed by atoms with van der Waals surface area (Å²) in [6.45, 7) is 4.32. The molecule has 3 heterocycles. The van der Waals surface area contributed by atoms with E-state index in [1.807, 2.05) is 6.07 Å². The Bertz CT molecular complexity index is 630. The van der Waals surface area contributed by atoms with Gasteiger partial charge < -0.3 is 15.0 Å². The van der Waals surface area contributed by atoms with Crippen molar-refractivity contribution in [2.75, 3.05) is 38.2 Å². The number of likely N-dealkylation sites (tertiary alicyclic amines) is 1. The first kappa shape index (κ1) is 15.7. The van der Waals surface area contributed by atoms with Crippen molar-refractivity contribution < 1.29 is 9.66 Å². The highest BCUT2D eigenvalue weighted by molar-refractivity contribution is 5.59. The second-order valence-corrected chi connectivity index (χ2v) is 7.02. The maximum atomic E-state index is 11.0. The predicted molar refractivity (Wildman–Crippen MR) is 91.8 cm³/mol. The van der Waals surface area contributed by atoms with Gasteiger partial charge in [0.15, 0.2) is 5.75 Å². The van der Waals surface area contributed by atoms with E-state index in [4.69, 9.17) is 4.74 Å². The zero-order valence-corrected chi connectivity index (χ0v) is 14.0. The van der Waals surface area contributed by atoms with Crippen molar-refractivity contribution >= 4 is 11.4 Å². The van der Waals surface area contributed by atoms with E-state index < -0.39 is 4.92 Å². The van der Waals surface area contributed by atoms with Crippen LogP contribution in [0.1, 0.15) is 19.3 Å². The number of ether oxygens (including phenoxy) is 1. The van der Waals surface area contributed by atoms with Crippen LogP contribution in [-0.4, -0.2) is 61.2 Å². The fourth-order valence-corrected chi connectivity index (χ4v) is 4.51. The molecule has 3 fully saturated rings. The van der Waals surface area contributed by atoms with Gasteiger partial charge in [-0.15, -0.1) is 0 Å². The van der Waals surface area contributed by atoms with E-state index in [1.165, 1.54) is 20.1 Å². The van der Waals surface area contributed by atoms with Gasteiger partial charge in [0.2, 0.25) is 0 Å². The molecule has 1 aromatic rings. The number of hydrogen-bond donors (Lipinski definition) is 1. The monoisotopic (exact) mass is 332 g/mol. The lowest BCUT2D eigenvalue weighted by atomic mass is 10.0. The lowest BCUT2D eigenvalue weighted by molar-refractivity contribution is -0.385. The van der Waals surface area contributed by atoms with E-state index in [-0.39, 0.29) is 5.69 Å². The Balaban J connectivity index is 1.41. The summed E-state index contributed by atoms with van der Waals surface area (Å²) in [5, 5.41) is 14.6. The molecule has 2 atom stereocenters. The Hall–Kier alpha value is -1.86. The minimum Gasteiger partial charge on any atom is -0.490 e. The van der Waals surface area contributed by atoms with E-state index in [0.717, 1.165) is 44.2 Å². The highest BCUT2D eigenvalue weighted by Gasteiger charge is 2.41. The fraction of sp³-hybridized carbons (Fsp3) is 0.647. The van der Waals surface area contributed by atoms with Crippen LogP contribution in [0.25, 0.3) is 0 Å². The Labute approximate surface area is 141 Å². The average molecular weight is 332 g/mol. The number of hydrogen-bond acceptors (Lipinski definition) is 6. The first-order valence-corrected chi connectivity index (χ1v) is 8.72. The zero-order chi connectivity index (χ0) is 16.7. The van der Waals surface area contributed by atoms with Gasteiger partial charge in [-0.25, -0.2) is 0 Å². The third-order valence-corrected chi connectivity index (χ3v) is 5.76. The molecule has 0 radical (unpaired) electrons. The lowest BCUT2D eigenvalue weighted by Gasteiger charge is -2.41. The molecule has 130 valence electrons. The third kappa shape index (κ3) is 2.71. The largest absolute Gasteiger partial charge is 0.490 e. The summed E-state index contributed by atoms with van der Waals surface area (Å²) >= 11 is 0. The molecule has 0 aliphatic carbocycles. The maximum Gasteiger partial charge on any atom is 0.311 e. The Morgan fingerprint density at radius 3 is 2.67 bits per heavy atom. The SMILES string of the molecule is COc1cc(N2CCC(N3CC4CC3CN4)CC2)ccc1[N+](=O)[O-]. The normalized spacial score (nSPS) is 27.6. The number of rotatable bonds is 4. The molecule has 0 spiro atoms. The predicted octanol–water partition coefficient (Wildman–Crippen LogP) is 1.62. The summed E-state index contributed by atoms with van der Waals surface area (Å²) < 4.78 is 5.19. The Morgan fingerprint density at radius 1 is 1.29 bits per heavy atom. The zero-order valence-electron chi connectivity index (χ0n) is 14.0. The number of nitro groups is 1. The molecule has 2 bridgehead atoms. The minimum absolute atomic E-state index is 0.0247. The van der Waals surface area contributed by atoms with Crippen LogP contribution < -0.4 is 15.0 Å². The topological polar surface area (TPSA) is 70.9 Å². The van der Waals surface area contributed by atoms with Crippen molar-refractivity contribution in [3.63, 3.8) is 0 Å². The number of methoxy groups -OCH3 is 1. The molecule has 7 nitrogen and oxygen atoms in total. The third-order valence-electron chi connectivity index (χ3n) is 5.76. The molecular weight excluding hydrogens is 308 g/mol. The molecule has 3 saturated heterocycles. The standard InChI is InChI=1S/C17H24N4O3/c1-24-17-9-14(2-3-16(17)21(22)23)19-6-4-13(5-7-19)20-11-12-8-15(20)10-18-12/h2-3,9,12-13,15,18H,4-8,10-11H2,1H3. The van der Waals surface area contributed by atoms with Gasteiger partial charge in [0.25, 0.3) is 0 Å². The molecule has 7 heteroatoms. The van der Waals surface area contributed by atoms with Crippen molar-refractivity contribution in [1.29, 1.82) is 0 Å². The van der Waals surface area contributed by atoms with E-state index in [0.29, 0.717) is 17.8 Å². The van der Waals surface area contributed by atoms with Gasteiger partial charge in [-0.05, 0) is 25.3 Å². The quantitative estimate of drug-likeness (QED) is 0.667. The molecular formula is C17H24N4O3. The van der Waals surface area contributed by atoms with Crippen molar-refractivity contribution in [2.45, 2.75) is 37.4 Å². The second-order valence-electron chi connectivity index (χ2n) is 7.02. The van der Waals surface area contributed by atoms with Crippen LogP contribution in [0.5, 0.6) is 5.75 Å². The molecule has 0 amide bonds. The molecule has 4 rings (SSSR count). The molecule has 0 saturated carbocycles.